The maximum Gasteiger partial charge on any atom is 0.255 e. The van der Waals surface area contributed by atoms with Crippen molar-refractivity contribution >= 4 is 35.2 Å². The Morgan fingerprint density at radius 2 is 1.60 bits per heavy atom. The molecule has 186 valence electrons. The third kappa shape index (κ3) is 6.61. The quantitative estimate of drug-likeness (QED) is 0.595. The number of rotatable bonds is 7. The highest BCUT2D eigenvalue weighted by atomic mass is 32.2. The number of aryl methyl sites for hydroxylation is 2. The Morgan fingerprint density at radius 1 is 0.914 bits per heavy atom. The van der Waals surface area contributed by atoms with E-state index in [1.54, 1.807) is 12.3 Å². The van der Waals surface area contributed by atoms with Crippen LogP contribution in [0.25, 0.3) is 0 Å². The van der Waals surface area contributed by atoms with Gasteiger partial charge in [0.25, 0.3) is 5.91 Å². The van der Waals surface area contributed by atoms with Gasteiger partial charge in [-0.1, -0.05) is 30.0 Å². The number of aromatic nitrogens is 1. The minimum absolute atomic E-state index is 0.0308. The summed E-state index contributed by atoms with van der Waals surface area (Å²) in [6, 6.07) is 9.57. The van der Waals surface area contributed by atoms with Crippen molar-refractivity contribution < 1.29 is 14.4 Å². The van der Waals surface area contributed by atoms with E-state index in [1.165, 1.54) is 11.8 Å². The Hall–Kier alpha value is -2.91. The summed E-state index contributed by atoms with van der Waals surface area (Å²) in [7, 11) is 0. The fourth-order valence-electron chi connectivity index (χ4n) is 4.47. The van der Waals surface area contributed by atoms with Crippen LogP contribution in [0.15, 0.2) is 41.6 Å². The van der Waals surface area contributed by atoms with Crippen molar-refractivity contribution in [1.29, 1.82) is 0 Å². The van der Waals surface area contributed by atoms with E-state index in [0.29, 0.717) is 44.0 Å². The summed E-state index contributed by atoms with van der Waals surface area (Å²) in [6.45, 7) is 8.47. The van der Waals surface area contributed by atoms with Gasteiger partial charge in [-0.15, -0.1) is 0 Å². The number of hydrogen-bond donors (Lipinski definition) is 1. The number of carbonyl (C=O) groups is 3. The Kier molecular flexibility index (Phi) is 8.41. The molecular formula is C26H33N5O3S. The minimum atomic E-state index is -0.0320. The SMILES string of the molecule is Cc1cccc(C)c1NC(=O)CN1CCN(C(=O)CSc2ccc(C(=O)N3CCCC3)cn2)CC1. The highest BCUT2D eigenvalue weighted by Gasteiger charge is 2.23. The summed E-state index contributed by atoms with van der Waals surface area (Å²) in [5.74, 6) is 0.367. The van der Waals surface area contributed by atoms with Crippen molar-refractivity contribution in [2.45, 2.75) is 31.7 Å². The number of anilines is 1. The predicted molar refractivity (Wildman–Crippen MR) is 138 cm³/mol. The summed E-state index contributed by atoms with van der Waals surface area (Å²) < 4.78 is 0. The number of carbonyl (C=O) groups excluding carboxylic acids is 3. The van der Waals surface area contributed by atoms with E-state index in [9.17, 15) is 14.4 Å². The van der Waals surface area contributed by atoms with E-state index < -0.39 is 0 Å². The minimum Gasteiger partial charge on any atom is -0.339 e. The van der Waals surface area contributed by atoms with Crippen molar-refractivity contribution in [3.8, 4) is 0 Å². The van der Waals surface area contributed by atoms with Gasteiger partial charge in [0.15, 0.2) is 0 Å². The van der Waals surface area contributed by atoms with Crippen LogP contribution in [0, 0.1) is 13.8 Å². The second-order valence-electron chi connectivity index (χ2n) is 9.15. The molecule has 2 aliphatic heterocycles. The third-order valence-electron chi connectivity index (χ3n) is 6.56. The first-order valence-electron chi connectivity index (χ1n) is 12.1. The van der Waals surface area contributed by atoms with Crippen molar-refractivity contribution in [1.82, 2.24) is 19.7 Å². The molecule has 0 saturated carbocycles. The number of nitrogens with one attached hydrogen (secondary N) is 1. The highest BCUT2D eigenvalue weighted by molar-refractivity contribution is 7.99. The maximum absolute atomic E-state index is 12.7. The molecule has 1 aromatic carbocycles. The maximum atomic E-state index is 12.7. The van der Waals surface area contributed by atoms with Crippen LogP contribution in [0.4, 0.5) is 5.69 Å². The molecule has 2 fully saturated rings. The van der Waals surface area contributed by atoms with E-state index in [-0.39, 0.29) is 17.7 Å². The summed E-state index contributed by atoms with van der Waals surface area (Å²) >= 11 is 1.39. The molecule has 1 aromatic heterocycles. The molecule has 2 saturated heterocycles. The molecule has 0 atom stereocenters. The Labute approximate surface area is 211 Å². The fraction of sp³-hybridized carbons (Fsp3) is 0.462. The van der Waals surface area contributed by atoms with E-state index >= 15 is 0 Å². The number of benzene rings is 1. The predicted octanol–water partition coefficient (Wildman–Crippen LogP) is 2.81. The number of nitrogens with zero attached hydrogens (tertiary/aromatic N) is 4. The lowest BCUT2D eigenvalue weighted by atomic mass is 10.1. The van der Waals surface area contributed by atoms with Gasteiger partial charge in [-0.25, -0.2) is 4.98 Å². The van der Waals surface area contributed by atoms with Gasteiger partial charge < -0.3 is 15.1 Å². The molecule has 9 heteroatoms. The Balaban J connectivity index is 1.18. The number of likely N-dealkylation sites (tertiary alicyclic amines) is 1. The Morgan fingerprint density at radius 3 is 2.23 bits per heavy atom. The van der Waals surface area contributed by atoms with Crippen LogP contribution in [-0.4, -0.2) is 89.0 Å². The molecule has 0 radical (unpaired) electrons. The van der Waals surface area contributed by atoms with Gasteiger partial charge in [0.2, 0.25) is 11.8 Å². The first kappa shape index (κ1) is 25.2. The molecule has 3 heterocycles. The zero-order chi connectivity index (χ0) is 24.8. The topological polar surface area (TPSA) is 85.8 Å². The van der Waals surface area contributed by atoms with Crippen molar-refractivity contribution in [2.75, 3.05) is 56.9 Å². The molecule has 0 aliphatic carbocycles. The summed E-state index contributed by atoms with van der Waals surface area (Å²) in [5.41, 5.74) is 3.58. The lowest BCUT2D eigenvalue weighted by molar-refractivity contribution is -0.130. The van der Waals surface area contributed by atoms with Gasteiger partial charge in [0, 0.05) is 51.2 Å². The molecule has 3 amide bonds. The molecule has 35 heavy (non-hydrogen) atoms. The fourth-order valence-corrected chi connectivity index (χ4v) is 5.22. The molecule has 0 unspecified atom stereocenters. The molecule has 2 aromatic rings. The summed E-state index contributed by atoms with van der Waals surface area (Å²) in [4.78, 5) is 47.8. The zero-order valence-corrected chi connectivity index (χ0v) is 21.3. The van der Waals surface area contributed by atoms with E-state index in [1.807, 2.05) is 47.9 Å². The van der Waals surface area contributed by atoms with Gasteiger partial charge >= 0.3 is 0 Å². The van der Waals surface area contributed by atoms with Crippen LogP contribution in [0.1, 0.15) is 34.3 Å². The number of para-hydroxylation sites is 1. The summed E-state index contributed by atoms with van der Waals surface area (Å²) in [5, 5.41) is 3.76. The van der Waals surface area contributed by atoms with Crippen molar-refractivity contribution in [3.63, 3.8) is 0 Å². The first-order chi connectivity index (χ1) is 16.9. The van der Waals surface area contributed by atoms with Crippen LogP contribution in [0.5, 0.6) is 0 Å². The zero-order valence-electron chi connectivity index (χ0n) is 20.5. The molecule has 1 N–H and O–H groups in total. The van der Waals surface area contributed by atoms with Crippen molar-refractivity contribution in [2.24, 2.45) is 0 Å². The monoisotopic (exact) mass is 495 g/mol. The number of piperazine rings is 1. The number of hydrogen-bond acceptors (Lipinski definition) is 6. The first-order valence-corrected chi connectivity index (χ1v) is 13.1. The Bertz CT molecular complexity index is 1040. The van der Waals surface area contributed by atoms with Gasteiger partial charge in [-0.05, 0) is 49.9 Å². The van der Waals surface area contributed by atoms with Crippen LogP contribution in [-0.2, 0) is 9.59 Å². The largest absolute Gasteiger partial charge is 0.339 e. The number of thioether (sulfide) groups is 1. The standard InChI is InChI=1S/C26H33N5O3S/c1-19-6-5-7-20(2)25(19)28-22(32)17-29-12-14-30(15-13-29)24(33)18-35-23-9-8-21(16-27-23)26(34)31-10-3-4-11-31/h5-9,16H,3-4,10-15,17-18H2,1-2H3,(H,28,32). The van der Waals surface area contributed by atoms with E-state index in [4.69, 9.17) is 0 Å². The van der Waals surface area contributed by atoms with Gasteiger partial charge in [0.05, 0.1) is 22.9 Å². The van der Waals surface area contributed by atoms with E-state index in [0.717, 1.165) is 47.8 Å². The van der Waals surface area contributed by atoms with Crippen LogP contribution < -0.4 is 5.32 Å². The summed E-state index contributed by atoms with van der Waals surface area (Å²) in [6.07, 6.45) is 3.73. The normalized spacial score (nSPS) is 16.4. The second-order valence-corrected chi connectivity index (χ2v) is 10.1. The van der Waals surface area contributed by atoms with E-state index in [2.05, 4.69) is 15.2 Å². The highest BCUT2D eigenvalue weighted by Crippen LogP contribution is 2.20. The van der Waals surface area contributed by atoms with Crippen molar-refractivity contribution in [3.05, 3.63) is 53.2 Å². The van der Waals surface area contributed by atoms with Crippen LogP contribution >= 0.6 is 11.8 Å². The number of amides is 3. The van der Waals surface area contributed by atoms with Crippen LogP contribution in [0.2, 0.25) is 0 Å². The molecule has 8 nitrogen and oxygen atoms in total. The molecule has 0 spiro atoms. The molecule has 0 bridgehead atoms. The average molecular weight is 496 g/mol. The number of pyridine rings is 1. The van der Waals surface area contributed by atoms with Gasteiger partial charge in [0.1, 0.15) is 0 Å². The third-order valence-corrected chi connectivity index (χ3v) is 7.49. The van der Waals surface area contributed by atoms with Crippen LogP contribution in [0.3, 0.4) is 0 Å². The lowest BCUT2D eigenvalue weighted by Gasteiger charge is -2.34. The average Bonchev–Trinajstić information content (AvgIpc) is 3.40. The van der Waals surface area contributed by atoms with Gasteiger partial charge in [-0.2, -0.15) is 0 Å². The van der Waals surface area contributed by atoms with Gasteiger partial charge in [-0.3, -0.25) is 19.3 Å². The lowest BCUT2D eigenvalue weighted by Crippen LogP contribution is -2.50. The molecular weight excluding hydrogens is 462 g/mol. The second kappa shape index (κ2) is 11.7. The molecule has 4 rings (SSSR count). The molecule has 2 aliphatic rings. The smallest absolute Gasteiger partial charge is 0.255 e.